The molecule has 0 saturated carbocycles. The lowest BCUT2D eigenvalue weighted by molar-refractivity contribution is -0.117. The molecule has 0 bridgehead atoms. The molecular formula is C14H18ClN3OS. The van der Waals surface area contributed by atoms with Gasteiger partial charge < -0.3 is 10.7 Å². The minimum Gasteiger partial charge on any atom is -0.348 e. The number of aryl methyl sites for hydroxylation is 1. The highest BCUT2D eigenvalue weighted by Gasteiger charge is 2.14. The van der Waals surface area contributed by atoms with Crippen molar-refractivity contribution in [1.29, 1.82) is 0 Å². The number of aromatic amines is 1. The zero-order valence-electron chi connectivity index (χ0n) is 11.2. The zero-order chi connectivity index (χ0) is 13.7. The fourth-order valence-corrected chi connectivity index (χ4v) is 2.49. The third-order valence-electron chi connectivity index (χ3n) is 2.81. The Morgan fingerprint density at radius 3 is 2.70 bits per heavy atom. The quantitative estimate of drug-likeness (QED) is 0.803. The number of benzene rings is 1. The molecule has 1 aromatic carbocycles. The Bertz CT molecular complexity index is 528. The van der Waals surface area contributed by atoms with Gasteiger partial charge in [0, 0.05) is 23.2 Å². The van der Waals surface area contributed by atoms with E-state index in [-0.39, 0.29) is 18.2 Å². The monoisotopic (exact) mass is 311 g/mol. The lowest BCUT2D eigenvalue weighted by Crippen LogP contribution is -2.34. The molecule has 2 aromatic rings. The van der Waals surface area contributed by atoms with Gasteiger partial charge in [-0.3, -0.25) is 4.79 Å². The third kappa shape index (κ3) is 5.00. The number of ketones is 1. The number of hydrogen-bond acceptors (Lipinski definition) is 4. The number of H-pyrrole nitrogens is 1. The number of nitrogens with one attached hydrogen (secondary N) is 1. The van der Waals surface area contributed by atoms with E-state index in [1.54, 1.807) is 12.5 Å². The Morgan fingerprint density at radius 1 is 1.40 bits per heavy atom. The van der Waals surface area contributed by atoms with Crippen molar-refractivity contribution >= 4 is 30.0 Å². The van der Waals surface area contributed by atoms with Gasteiger partial charge >= 0.3 is 0 Å². The number of nitrogens with two attached hydrogens (primary N) is 1. The molecule has 0 unspecified atom stereocenters. The molecule has 4 nitrogen and oxygen atoms in total. The van der Waals surface area contributed by atoms with Crippen LogP contribution in [0.3, 0.4) is 0 Å². The van der Waals surface area contributed by atoms with Gasteiger partial charge in [-0.25, -0.2) is 4.98 Å². The number of carbonyl (C=O) groups is 1. The Morgan fingerprint density at radius 2 is 2.10 bits per heavy atom. The van der Waals surface area contributed by atoms with Crippen molar-refractivity contribution in [2.24, 2.45) is 5.73 Å². The van der Waals surface area contributed by atoms with E-state index >= 15 is 0 Å². The molecule has 108 valence electrons. The molecule has 1 heterocycles. The molecule has 2 rings (SSSR count). The molecule has 0 aliphatic heterocycles. The molecule has 3 N–H and O–H groups in total. The number of thioether (sulfide) groups is 1. The smallest absolute Gasteiger partial charge is 0.160 e. The number of hydrogen-bond donors (Lipinski definition) is 2. The van der Waals surface area contributed by atoms with Crippen molar-refractivity contribution in [3.63, 3.8) is 0 Å². The first-order valence-electron chi connectivity index (χ1n) is 6.10. The summed E-state index contributed by atoms with van der Waals surface area (Å²) >= 11 is 1.52. The molecule has 0 spiro atoms. The average molecular weight is 312 g/mol. The van der Waals surface area contributed by atoms with Crippen molar-refractivity contribution in [3.05, 3.63) is 48.0 Å². The van der Waals surface area contributed by atoms with E-state index in [0.717, 1.165) is 10.6 Å². The highest BCUT2D eigenvalue weighted by Crippen LogP contribution is 2.18. The second-order valence-corrected chi connectivity index (χ2v) is 5.50. The van der Waals surface area contributed by atoms with Crippen LogP contribution in [0.5, 0.6) is 0 Å². The summed E-state index contributed by atoms with van der Waals surface area (Å²) in [7, 11) is 0. The van der Waals surface area contributed by atoms with E-state index in [9.17, 15) is 4.79 Å². The lowest BCUT2D eigenvalue weighted by Gasteiger charge is -2.09. The fourth-order valence-electron chi connectivity index (χ4n) is 1.64. The van der Waals surface area contributed by atoms with E-state index < -0.39 is 6.04 Å². The average Bonchev–Trinajstić information content (AvgIpc) is 2.90. The number of aromatic nitrogens is 2. The van der Waals surface area contributed by atoms with Gasteiger partial charge in [-0.1, -0.05) is 17.7 Å². The molecule has 6 heteroatoms. The van der Waals surface area contributed by atoms with Crippen LogP contribution in [-0.4, -0.2) is 27.5 Å². The number of Topliss-reactive ketones (excluding diaryl/α,β-unsaturated/α-hetero) is 1. The van der Waals surface area contributed by atoms with Crippen molar-refractivity contribution in [2.75, 3.05) is 5.75 Å². The van der Waals surface area contributed by atoms with Crippen molar-refractivity contribution < 1.29 is 4.79 Å². The van der Waals surface area contributed by atoms with Gasteiger partial charge in [0.15, 0.2) is 5.78 Å². The highest BCUT2D eigenvalue weighted by atomic mass is 35.5. The molecule has 0 radical (unpaired) electrons. The maximum Gasteiger partial charge on any atom is 0.160 e. The Hall–Kier alpha value is -1.30. The molecule has 0 amide bonds. The van der Waals surface area contributed by atoms with Crippen LogP contribution in [0.15, 0.2) is 41.7 Å². The first-order chi connectivity index (χ1) is 9.15. The van der Waals surface area contributed by atoms with Crippen LogP contribution in [0.1, 0.15) is 11.3 Å². The summed E-state index contributed by atoms with van der Waals surface area (Å²) in [4.78, 5) is 19.9. The summed E-state index contributed by atoms with van der Waals surface area (Å²) in [5.41, 5.74) is 7.99. The van der Waals surface area contributed by atoms with Crippen LogP contribution in [0, 0.1) is 6.92 Å². The number of nitrogens with zero attached hydrogens (tertiary/aromatic N) is 1. The lowest BCUT2D eigenvalue weighted by atomic mass is 10.1. The zero-order valence-corrected chi connectivity index (χ0v) is 12.8. The minimum atomic E-state index is -0.474. The van der Waals surface area contributed by atoms with Gasteiger partial charge in [0.1, 0.15) is 0 Å². The van der Waals surface area contributed by atoms with Crippen LogP contribution < -0.4 is 5.73 Å². The first kappa shape index (κ1) is 16.8. The summed E-state index contributed by atoms with van der Waals surface area (Å²) in [6.07, 6.45) is 3.79. The standard InChI is InChI=1S/C14H17N3OS.ClH/c1-10-2-4-12(5-3-10)19-8-14(18)13(15)6-11-7-16-9-17-11;/h2-5,7,9,13H,6,8,15H2,1H3,(H,16,17);1H/t13-;/m0./s1. The summed E-state index contributed by atoms with van der Waals surface area (Å²) < 4.78 is 0. The Balaban J connectivity index is 0.00000200. The number of rotatable bonds is 6. The molecule has 0 fully saturated rings. The Labute approximate surface area is 129 Å². The summed E-state index contributed by atoms with van der Waals surface area (Å²) in [6, 6.07) is 7.65. The van der Waals surface area contributed by atoms with Crippen molar-refractivity contribution in [1.82, 2.24) is 9.97 Å². The largest absolute Gasteiger partial charge is 0.348 e. The van der Waals surface area contributed by atoms with Gasteiger partial charge in [-0.15, -0.1) is 24.2 Å². The molecular weight excluding hydrogens is 294 g/mol. The van der Waals surface area contributed by atoms with E-state index in [4.69, 9.17) is 5.73 Å². The van der Waals surface area contributed by atoms with Gasteiger partial charge in [-0.2, -0.15) is 0 Å². The van der Waals surface area contributed by atoms with Crippen LogP contribution in [0.2, 0.25) is 0 Å². The predicted molar refractivity (Wildman–Crippen MR) is 84.4 cm³/mol. The van der Waals surface area contributed by atoms with Crippen LogP contribution in [0.25, 0.3) is 0 Å². The SMILES string of the molecule is Cc1ccc(SCC(=O)[C@@H](N)Cc2cnc[nH]2)cc1.Cl. The maximum atomic E-state index is 11.9. The molecule has 1 aromatic heterocycles. The van der Waals surface area contributed by atoms with E-state index in [0.29, 0.717) is 12.2 Å². The maximum absolute atomic E-state index is 11.9. The van der Waals surface area contributed by atoms with E-state index in [1.165, 1.54) is 17.3 Å². The predicted octanol–water partition coefficient (Wildman–Crippen LogP) is 2.37. The Kier molecular flexibility index (Phi) is 6.78. The molecule has 1 atom stereocenters. The van der Waals surface area contributed by atoms with Gasteiger partial charge in [-0.05, 0) is 19.1 Å². The number of imidazole rings is 1. The van der Waals surface area contributed by atoms with Gasteiger partial charge in [0.05, 0.1) is 18.1 Å². The molecule has 0 aliphatic carbocycles. The number of carbonyl (C=O) groups excluding carboxylic acids is 1. The van der Waals surface area contributed by atoms with Gasteiger partial charge in [0.2, 0.25) is 0 Å². The summed E-state index contributed by atoms with van der Waals surface area (Å²) in [5, 5.41) is 0. The third-order valence-corrected chi connectivity index (χ3v) is 3.84. The highest BCUT2D eigenvalue weighted by molar-refractivity contribution is 8.00. The van der Waals surface area contributed by atoms with Crippen LogP contribution >= 0.6 is 24.2 Å². The topological polar surface area (TPSA) is 71.8 Å². The van der Waals surface area contributed by atoms with Crippen molar-refractivity contribution in [2.45, 2.75) is 24.3 Å². The second-order valence-electron chi connectivity index (χ2n) is 4.46. The molecule has 0 aliphatic rings. The first-order valence-corrected chi connectivity index (χ1v) is 7.09. The normalized spacial score (nSPS) is 11.7. The second kappa shape index (κ2) is 8.09. The molecule has 20 heavy (non-hydrogen) atoms. The van der Waals surface area contributed by atoms with E-state index in [2.05, 4.69) is 9.97 Å². The molecule has 0 saturated heterocycles. The minimum absolute atomic E-state index is 0. The fraction of sp³-hybridized carbons (Fsp3) is 0.286. The summed E-state index contributed by atoms with van der Waals surface area (Å²) in [5.74, 6) is 0.457. The number of halogens is 1. The van der Waals surface area contributed by atoms with E-state index in [1.807, 2.05) is 31.2 Å². The van der Waals surface area contributed by atoms with Crippen LogP contribution in [-0.2, 0) is 11.2 Å². The van der Waals surface area contributed by atoms with Gasteiger partial charge in [0.25, 0.3) is 0 Å². The summed E-state index contributed by atoms with van der Waals surface area (Å²) in [6.45, 7) is 2.04. The van der Waals surface area contributed by atoms with Crippen molar-refractivity contribution in [3.8, 4) is 0 Å². The van der Waals surface area contributed by atoms with Crippen LogP contribution in [0.4, 0.5) is 0 Å².